The van der Waals surface area contributed by atoms with Crippen molar-refractivity contribution in [1.82, 2.24) is 15.0 Å². The highest BCUT2D eigenvalue weighted by atomic mass is 16.1. The molecule has 0 N–H and O–H groups in total. The van der Waals surface area contributed by atoms with E-state index in [1.165, 1.54) is 0 Å². The molecule has 0 spiro atoms. The summed E-state index contributed by atoms with van der Waals surface area (Å²) in [5.74, 6) is 2.21. The summed E-state index contributed by atoms with van der Waals surface area (Å²) >= 11 is 0. The smallest absolute Gasteiger partial charge is 0.194 e. The van der Waals surface area contributed by atoms with E-state index in [9.17, 15) is 4.79 Å². The standard InChI is InChI=1S/C56H40N6O/c1-57-53(38-17-5-3-6-18-38)61-54(58-2)46-27-15-23-42(35-46)40-21-13-25-44(33-40)48-29-9-11-31-50(48)52(63)51-32-12-10-30-49(51)45-26-14-22-41(34-45)43-24-16-28-47(36-43)56-60-37-59-55(62-56)39-19-7-4-8-20-39/h3-37H,1H2,2H3. The highest BCUT2D eigenvalue weighted by Gasteiger charge is 2.19. The van der Waals surface area contributed by atoms with Gasteiger partial charge < -0.3 is 0 Å². The van der Waals surface area contributed by atoms with Crippen LogP contribution >= 0.6 is 0 Å². The van der Waals surface area contributed by atoms with Gasteiger partial charge in [-0.05, 0) is 75.5 Å². The van der Waals surface area contributed by atoms with Crippen molar-refractivity contribution in [2.75, 3.05) is 7.05 Å². The number of hydrogen-bond acceptors (Lipinski definition) is 5. The maximum Gasteiger partial charge on any atom is 0.194 e. The van der Waals surface area contributed by atoms with Crippen molar-refractivity contribution < 1.29 is 4.79 Å². The Labute approximate surface area is 366 Å². The van der Waals surface area contributed by atoms with Crippen LogP contribution in [0.5, 0.6) is 0 Å². The van der Waals surface area contributed by atoms with Crippen molar-refractivity contribution in [3.05, 3.63) is 235 Å². The maximum absolute atomic E-state index is 14.8. The predicted molar refractivity (Wildman–Crippen MR) is 257 cm³/mol. The van der Waals surface area contributed by atoms with Gasteiger partial charge in [-0.25, -0.2) is 24.9 Å². The zero-order valence-electron chi connectivity index (χ0n) is 34.5. The SMILES string of the molecule is C=NC(=NC(=NC)c1cccc(-c2cccc(-c3ccccc3C(=O)c3ccccc3-c3cccc(-c4cccc(-c5ncnc(-c6ccccc6)n5)c4)c3)c2)c1)c1ccccc1. The lowest BCUT2D eigenvalue weighted by molar-refractivity contribution is 0.104. The van der Waals surface area contributed by atoms with Crippen molar-refractivity contribution >= 4 is 24.2 Å². The molecule has 8 aromatic carbocycles. The molecule has 0 aliphatic rings. The van der Waals surface area contributed by atoms with E-state index in [1.54, 1.807) is 13.4 Å². The quantitative estimate of drug-likeness (QED) is 0.0781. The molecule has 0 fully saturated rings. The summed E-state index contributed by atoms with van der Waals surface area (Å²) in [6, 6.07) is 68.1. The zero-order chi connectivity index (χ0) is 43.0. The average Bonchev–Trinajstić information content (AvgIpc) is 3.37. The summed E-state index contributed by atoms with van der Waals surface area (Å²) in [7, 11) is 1.72. The average molecular weight is 813 g/mol. The van der Waals surface area contributed by atoms with Gasteiger partial charge >= 0.3 is 0 Å². The molecular weight excluding hydrogens is 773 g/mol. The molecule has 300 valence electrons. The predicted octanol–water partition coefficient (Wildman–Crippen LogP) is 12.6. The second-order valence-corrected chi connectivity index (χ2v) is 14.7. The van der Waals surface area contributed by atoms with Crippen molar-refractivity contribution in [3.63, 3.8) is 0 Å². The summed E-state index contributed by atoms with van der Waals surface area (Å²) in [4.78, 5) is 42.0. The number of carbonyl (C=O) groups excluding carboxylic acids is 1. The second kappa shape index (κ2) is 18.4. The van der Waals surface area contributed by atoms with Crippen LogP contribution in [0.2, 0.25) is 0 Å². The fraction of sp³-hybridized carbons (Fsp3) is 0.0179. The Hall–Kier alpha value is -8.55. The molecule has 0 bridgehead atoms. The Morgan fingerprint density at radius 3 is 1.43 bits per heavy atom. The largest absolute Gasteiger partial charge is 0.289 e. The monoisotopic (exact) mass is 812 g/mol. The van der Waals surface area contributed by atoms with E-state index in [0.29, 0.717) is 34.4 Å². The summed E-state index contributed by atoms with van der Waals surface area (Å²) in [6.07, 6.45) is 1.55. The van der Waals surface area contributed by atoms with E-state index in [-0.39, 0.29) is 5.78 Å². The molecule has 1 aromatic heterocycles. The molecule has 0 radical (unpaired) electrons. The Kier molecular flexibility index (Phi) is 11.6. The van der Waals surface area contributed by atoms with E-state index < -0.39 is 0 Å². The van der Waals surface area contributed by atoms with Gasteiger partial charge in [-0.3, -0.25) is 9.79 Å². The van der Waals surface area contributed by atoms with Crippen LogP contribution in [0.4, 0.5) is 0 Å². The fourth-order valence-electron chi connectivity index (χ4n) is 7.70. The third-order valence-corrected chi connectivity index (χ3v) is 10.8. The Bertz CT molecular complexity index is 3170. The van der Waals surface area contributed by atoms with Gasteiger partial charge in [0.25, 0.3) is 0 Å². The van der Waals surface area contributed by atoms with Gasteiger partial charge in [0.05, 0.1) is 0 Å². The van der Waals surface area contributed by atoms with Crippen molar-refractivity contribution in [2.45, 2.75) is 0 Å². The molecule has 0 saturated heterocycles. The first-order chi connectivity index (χ1) is 31.1. The van der Waals surface area contributed by atoms with Gasteiger partial charge in [0.2, 0.25) is 0 Å². The number of carbonyl (C=O) groups is 1. The lowest BCUT2D eigenvalue weighted by Gasteiger charge is -2.14. The molecule has 1 heterocycles. The highest BCUT2D eigenvalue weighted by molar-refractivity contribution is 6.16. The van der Waals surface area contributed by atoms with Gasteiger partial charge in [0.1, 0.15) is 6.33 Å². The first-order valence-electron chi connectivity index (χ1n) is 20.5. The highest BCUT2D eigenvalue weighted by Crippen LogP contribution is 2.35. The lowest BCUT2D eigenvalue weighted by Crippen LogP contribution is -2.05. The minimum Gasteiger partial charge on any atom is -0.289 e. The Morgan fingerprint density at radius 2 is 0.857 bits per heavy atom. The molecule has 0 unspecified atom stereocenters. The van der Waals surface area contributed by atoms with Crippen LogP contribution in [0, 0.1) is 0 Å². The number of ketones is 1. The molecule has 0 aliphatic carbocycles. The molecule has 63 heavy (non-hydrogen) atoms. The molecule has 0 amide bonds. The van der Waals surface area contributed by atoms with Gasteiger partial charge in [-0.15, -0.1) is 0 Å². The first-order valence-corrected chi connectivity index (χ1v) is 20.5. The third-order valence-electron chi connectivity index (χ3n) is 10.8. The number of nitrogens with zero attached hydrogens (tertiary/aromatic N) is 6. The van der Waals surface area contributed by atoms with E-state index >= 15 is 0 Å². The fourth-order valence-corrected chi connectivity index (χ4v) is 7.70. The van der Waals surface area contributed by atoms with Crippen LogP contribution in [0.25, 0.3) is 67.3 Å². The van der Waals surface area contributed by atoms with Crippen molar-refractivity contribution in [1.29, 1.82) is 0 Å². The maximum atomic E-state index is 14.8. The Balaban J connectivity index is 1.01. The minimum absolute atomic E-state index is 0.0585. The van der Waals surface area contributed by atoms with Crippen LogP contribution in [0.3, 0.4) is 0 Å². The summed E-state index contributed by atoms with van der Waals surface area (Å²) in [6.45, 7) is 3.75. The molecule has 0 saturated carbocycles. The van der Waals surface area contributed by atoms with Gasteiger partial charge in [0.15, 0.2) is 29.1 Å². The van der Waals surface area contributed by atoms with Crippen LogP contribution in [0.15, 0.2) is 228 Å². The number of benzene rings is 8. The van der Waals surface area contributed by atoms with E-state index in [4.69, 9.17) is 9.98 Å². The van der Waals surface area contributed by atoms with Gasteiger partial charge in [-0.1, -0.05) is 182 Å². The number of aromatic nitrogens is 3. The van der Waals surface area contributed by atoms with Crippen LogP contribution in [-0.2, 0) is 0 Å². The number of aliphatic imine (C=N–C) groups is 3. The molecule has 7 nitrogen and oxygen atoms in total. The molecular formula is C56H40N6O. The Morgan fingerprint density at radius 1 is 0.429 bits per heavy atom. The van der Waals surface area contributed by atoms with Crippen molar-refractivity contribution in [3.8, 4) is 67.3 Å². The molecule has 9 aromatic rings. The molecule has 0 atom stereocenters. The van der Waals surface area contributed by atoms with Crippen molar-refractivity contribution in [2.24, 2.45) is 15.0 Å². The summed E-state index contributed by atoms with van der Waals surface area (Å²) < 4.78 is 0. The number of rotatable bonds is 10. The summed E-state index contributed by atoms with van der Waals surface area (Å²) in [5, 5.41) is 0. The zero-order valence-corrected chi connectivity index (χ0v) is 34.5. The van der Waals surface area contributed by atoms with E-state index in [2.05, 4.69) is 81.3 Å². The topological polar surface area (TPSA) is 92.8 Å². The lowest BCUT2D eigenvalue weighted by atomic mass is 9.88. The minimum atomic E-state index is -0.0585. The van der Waals surface area contributed by atoms with Crippen LogP contribution < -0.4 is 0 Å². The van der Waals surface area contributed by atoms with E-state index in [1.807, 2.05) is 152 Å². The van der Waals surface area contributed by atoms with Crippen LogP contribution in [-0.4, -0.2) is 46.2 Å². The van der Waals surface area contributed by atoms with Crippen LogP contribution in [0.1, 0.15) is 27.0 Å². The van der Waals surface area contributed by atoms with Gasteiger partial charge in [-0.2, -0.15) is 0 Å². The molecule has 7 heteroatoms. The van der Waals surface area contributed by atoms with Gasteiger partial charge in [0, 0.05) is 40.4 Å². The summed E-state index contributed by atoms with van der Waals surface area (Å²) in [5.41, 5.74) is 12.3. The van der Waals surface area contributed by atoms with E-state index in [0.717, 1.165) is 66.8 Å². The number of amidine groups is 2. The normalized spacial score (nSPS) is 11.6. The first kappa shape index (κ1) is 39.9. The molecule has 9 rings (SSSR count). The number of hydrogen-bond donors (Lipinski definition) is 0. The molecule has 0 aliphatic heterocycles. The second-order valence-electron chi connectivity index (χ2n) is 14.7. The third kappa shape index (κ3) is 8.71.